The van der Waals surface area contributed by atoms with Crippen molar-refractivity contribution in [1.29, 1.82) is 0 Å². The van der Waals surface area contributed by atoms with Gasteiger partial charge in [0.1, 0.15) is 0 Å². The second-order valence-corrected chi connectivity index (χ2v) is 9.45. The molecule has 0 atom stereocenters. The van der Waals surface area contributed by atoms with Crippen LogP contribution in [0.2, 0.25) is 5.02 Å². The number of amides is 1. The number of rotatable bonds is 7. The van der Waals surface area contributed by atoms with Crippen molar-refractivity contribution in [2.24, 2.45) is 5.92 Å². The van der Waals surface area contributed by atoms with Crippen LogP contribution in [0.15, 0.2) is 18.2 Å². The van der Waals surface area contributed by atoms with Gasteiger partial charge in [-0.15, -0.1) is 0 Å². The Bertz CT molecular complexity index is 731. The van der Waals surface area contributed by atoms with E-state index >= 15 is 0 Å². The molecule has 6 nitrogen and oxygen atoms in total. The number of benzene rings is 1. The largest absolute Gasteiger partial charge is 0.352 e. The third kappa shape index (κ3) is 5.86. The number of hydrogen-bond acceptors (Lipinski definition) is 4. The molecule has 8 heteroatoms. The van der Waals surface area contributed by atoms with Crippen molar-refractivity contribution in [1.82, 2.24) is 10.2 Å². The van der Waals surface area contributed by atoms with E-state index < -0.39 is 10.0 Å². The number of carbonyl (C=O) groups is 1. The fourth-order valence-electron chi connectivity index (χ4n) is 2.96. The molecule has 0 radical (unpaired) electrons. The zero-order valence-electron chi connectivity index (χ0n) is 15.7. The van der Waals surface area contributed by atoms with Crippen LogP contribution in [-0.4, -0.2) is 58.7 Å². The number of nitrogens with one attached hydrogen (secondary N) is 1. The summed E-state index contributed by atoms with van der Waals surface area (Å²) in [5.41, 5.74) is 0.775. The average Bonchev–Trinajstić information content (AvgIpc) is 2.58. The van der Waals surface area contributed by atoms with Crippen LogP contribution in [0.1, 0.15) is 36.5 Å². The number of hydrogen-bond donors (Lipinski definition) is 1. The van der Waals surface area contributed by atoms with Crippen molar-refractivity contribution in [3.8, 4) is 0 Å². The van der Waals surface area contributed by atoms with Crippen LogP contribution in [0, 0.1) is 5.92 Å². The Morgan fingerprint density at radius 1 is 1.35 bits per heavy atom. The summed E-state index contributed by atoms with van der Waals surface area (Å²) in [7, 11) is -1.92. The quantitative estimate of drug-likeness (QED) is 0.713. The van der Waals surface area contributed by atoms with E-state index in [2.05, 4.69) is 17.1 Å². The molecule has 1 aliphatic rings. The number of nitrogens with zero attached hydrogens (tertiary/aromatic N) is 2. The minimum atomic E-state index is -3.37. The Hall–Kier alpha value is -1.31. The highest BCUT2D eigenvalue weighted by molar-refractivity contribution is 7.92. The molecule has 0 aliphatic carbocycles. The highest BCUT2D eigenvalue weighted by Gasteiger charge is 2.17. The molecular formula is C18H28ClN3O3S. The Kier molecular flexibility index (Phi) is 7.32. The van der Waals surface area contributed by atoms with Gasteiger partial charge in [-0.2, -0.15) is 0 Å². The van der Waals surface area contributed by atoms with Gasteiger partial charge in [-0.05, 0) is 63.0 Å². The van der Waals surface area contributed by atoms with Crippen molar-refractivity contribution in [2.45, 2.75) is 26.2 Å². The van der Waals surface area contributed by atoms with Gasteiger partial charge < -0.3 is 10.2 Å². The lowest BCUT2D eigenvalue weighted by Gasteiger charge is -2.30. The van der Waals surface area contributed by atoms with Gasteiger partial charge in [0.2, 0.25) is 10.0 Å². The molecule has 0 unspecified atom stereocenters. The van der Waals surface area contributed by atoms with Crippen LogP contribution in [0.5, 0.6) is 0 Å². The normalized spacial score (nSPS) is 16.5. The van der Waals surface area contributed by atoms with Crippen molar-refractivity contribution >= 4 is 33.2 Å². The molecule has 1 N–H and O–H groups in total. The van der Waals surface area contributed by atoms with Gasteiger partial charge in [0.25, 0.3) is 5.91 Å². The van der Waals surface area contributed by atoms with E-state index in [9.17, 15) is 13.2 Å². The summed E-state index contributed by atoms with van der Waals surface area (Å²) < 4.78 is 24.3. The van der Waals surface area contributed by atoms with Crippen molar-refractivity contribution in [2.75, 3.05) is 43.8 Å². The lowest BCUT2D eigenvalue weighted by atomic mass is 9.99. The van der Waals surface area contributed by atoms with Crippen molar-refractivity contribution < 1.29 is 13.2 Å². The van der Waals surface area contributed by atoms with Crippen molar-refractivity contribution in [3.05, 3.63) is 28.8 Å². The first-order valence-corrected chi connectivity index (χ1v) is 11.1. The van der Waals surface area contributed by atoms with Gasteiger partial charge in [-0.3, -0.25) is 9.10 Å². The molecular weight excluding hydrogens is 374 g/mol. The fourth-order valence-corrected chi connectivity index (χ4v) is 3.72. The van der Waals surface area contributed by atoms with Crippen LogP contribution < -0.4 is 9.62 Å². The maximum Gasteiger partial charge on any atom is 0.252 e. The SMILES string of the molecule is CC1CCN(CCCNC(=O)c2ccc(N(C)S(C)(=O)=O)cc2Cl)CC1. The summed E-state index contributed by atoms with van der Waals surface area (Å²) in [6.07, 6.45) is 4.50. The van der Waals surface area contributed by atoms with Gasteiger partial charge in [0.15, 0.2) is 0 Å². The molecule has 0 bridgehead atoms. The minimum Gasteiger partial charge on any atom is -0.352 e. The van der Waals surface area contributed by atoms with Crippen molar-refractivity contribution in [3.63, 3.8) is 0 Å². The van der Waals surface area contributed by atoms with E-state index in [1.54, 1.807) is 12.1 Å². The molecule has 26 heavy (non-hydrogen) atoms. The summed E-state index contributed by atoms with van der Waals surface area (Å²) in [4.78, 5) is 14.7. The number of carbonyl (C=O) groups excluding carboxylic acids is 1. The van der Waals surface area contributed by atoms with E-state index in [1.807, 2.05) is 0 Å². The molecule has 1 aliphatic heterocycles. The van der Waals surface area contributed by atoms with Gasteiger partial charge in [-0.25, -0.2) is 8.42 Å². The van der Waals surface area contributed by atoms with Gasteiger partial charge in [0.05, 0.1) is 22.5 Å². The van der Waals surface area contributed by atoms with E-state index in [4.69, 9.17) is 11.6 Å². The minimum absolute atomic E-state index is 0.237. The van der Waals surface area contributed by atoms with Gasteiger partial charge >= 0.3 is 0 Å². The Labute approximate surface area is 161 Å². The van der Waals surface area contributed by atoms with Crippen LogP contribution in [0.25, 0.3) is 0 Å². The molecule has 0 saturated carbocycles. The highest BCUT2D eigenvalue weighted by atomic mass is 35.5. The predicted octanol–water partition coefficient (Wildman–Crippen LogP) is 2.59. The first kappa shape index (κ1) is 21.0. The standard InChI is InChI=1S/C18H28ClN3O3S/c1-14-7-11-22(12-8-14)10-4-9-20-18(23)16-6-5-15(13-17(16)19)21(2)26(3,24)25/h5-6,13-14H,4,7-12H2,1-3H3,(H,20,23). The summed E-state index contributed by atoms with van der Waals surface area (Å²) in [5.74, 6) is 0.577. The lowest BCUT2D eigenvalue weighted by Crippen LogP contribution is -2.35. The third-order valence-corrected chi connectivity index (χ3v) is 6.39. The van der Waals surface area contributed by atoms with Gasteiger partial charge in [-0.1, -0.05) is 18.5 Å². The third-order valence-electron chi connectivity index (χ3n) is 4.87. The van der Waals surface area contributed by atoms with Gasteiger partial charge in [0, 0.05) is 13.6 Å². The maximum absolute atomic E-state index is 12.3. The molecule has 0 spiro atoms. The monoisotopic (exact) mass is 401 g/mol. The predicted molar refractivity (Wildman–Crippen MR) is 106 cm³/mol. The van der Waals surface area contributed by atoms with Crippen LogP contribution in [0.3, 0.4) is 0 Å². The second kappa shape index (κ2) is 9.06. The second-order valence-electron chi connectivity index (χ2n) is 7.03. The topological polar surface area (TPSA) is 69.7 Å². The number of likely N-dealkylation sites (tertiary alicyclic amines) is 1. The van der Waals surface area contributed by atoms with E-state index in [0.29, 0.717) is 17.8 Å². The summed E-state index contributed by atoms with van der Waals surface area (Å²) in [5, 5.41) is 3.12. The molecule has 0 aromatic heterocycles. The van der Waals surface area contributed by atoms with Crippen LogP contribution in [-0.2, 0) is 10.0 Å². The molecule has 2 rings (SSSR count). The molecule has 1 saturated heterocycles. The fraction of sp³-hybridized carbons (Fsp3) is 0.611. The van der Waals surface area contributed by atoms with Crippen LogP contribution >= 0.6 is 11.6 Å². The Morgan fingerprint density at radius 3 is 2.58 bits per heavy atom. The molecule has 146 valence electrons. The Morgan fingerprint density at radius 2 is 2.00 bits per heavy atom. The zero-order chi connectivity index (χ0) is 19.3. The Balaban J connectivity index is 1.84. The number of sulfonamides is 1. The first-order valence-electron chi connectivity index (χ1n) is 8.92. The number of halogens is 1. The molecule has 1 heterocycles. The molecule has 1 amide bonds. The van der Waals surface area contributed by atoms with E-state index in [0.717, 1.165) is 42.5 Å². The highest BCUT2D eigenvalue weighted by Crippen LogP contribution is 2.24. The van der Waals surface area contributed by atoms with E-state index in [-0.39, 0.29) is 10.9 Å². The van der Waals surface area contributed by atoms with E-state index in [1.165, 1.54) is 26.0 Å². The smallest absolute Gasteiger partial charge is 0.252 e. The number of piperidine rings is 1. The lowest BCUT2D eigenvalue weighted by molar-refractivity contribution is 0.0950. The summed E-state index contributed by atoms with van der Waals surface area (Å²) in [6, 6.07) is 4.63. The molecule has 1 aromatic rings. The van der Waals surface area contributed by atoms with Crippen LogP contribution in [0.4, 0.5) is 5.69 Å². The zero-order valence-corrected chi connectivity index (χ0v) is 17.2. The first-order chi connectivity index (χ1) is 12.2. The summed E-state index contributed by atoms with van der Waals surface area (Å²) >= 11 is 6.18. The number of anilines is 1. The molecule has 1 aromatic carbocycles. The maximum atomic E-state index is 12.3. The molecule has 1 fully saturated rings. The average molecular weight is 402 g/mol. The summed E-state index contributed by atoms with van der Waals surface area (Å²) in [6.45, 7) is 6.14.